The van der Waals surface area contributed by atoms with E-state index in [0.717, 1.165) is 31.2 Å². The van der Waals surface area contributed by atoms with Crippen molar-refractivity contribution in [1.82, 2.24) is 24.4 Å². The van der Waals surface area contributed by atoms with E-state index in [-0.39, 0.29) is 58.2 Å². The minimum Gasteiger partial charge on any atom is -0.477 e. The minimum atomic E-state index is -4.24. The second kappa shape index (κ2) is 13.9. The number of ether oxygens (including phenoxy) is 1. The standard InChI is InChI=1S/C32H37ClF3N5O6S/c1-31(2)18-21(19-40(31)30(43)44)7-4-3-6-20-8-5-9-23(16-20)48(45,46)39-29(42)24-10-11-26(37-28(24)33)41-14-12-27(38-41)47-15-13-22-17-25(22)32(34,35)36/h5,8-12,14,16,21-22,25H,3-4,6-7,13,15,17-19H2,1-2H3,(H,39,42)(H,43,44). The Labute approximate surface area is 281 Å². The molecule has 0 bridgehead atoms. The number of amides is 2. The third-order valence-corrected chi connectivity index (χ3v) is 10.5. The van der Waals surface area contributed by atoms with E-state index in [1.807, 2.05) is 24.6 Å². The SMILES string of the molecule is CC1(C)CC(CCCCc2cccc(S(=O)(=O)NC(=O)c3ccc(-n4ccc(OCCC5CC5C(F)(F)F)n4)nc3Cl)c2)CN1C(=O)O. The molecule has 5 rings (SSSR count). The summed E-state index contributed by atoms with van der Waals surface area (Å²) in [7, 11) is -4.24. The number of carbonyl (C=O) groups is 2. The summed E-state index contributed by atoms with van der Waals surface area (Å²) in [6.45, 7) is 4.45. The molecular weight excluding hydrogens is 675 g/mol. The summed E-state index contributed by atoms with van der Waals surface area (Å²) in [5, 5.41) is 13.3. The van der Waals surface area contributed by atoms with Crippen LogP contribution in [0.15, 0.2) is 53.6 Å². The van der Waals surface area contributed by atoms with Gasteiger partial charge in [0.25, 0.3) is 15.9 Å². The molecule has 2 amide bonds. The molecule has 11 nitrogen and oxygen atoms in total. The molecular formula is C32H37ClF3N5O6S. The van der Waals surface area contributed by atoms with E-state index >= 15 is 0 Å². The molecule has 16 heteroatoms. The van der Waals surface area contributed by atoms with E-state index in [1.54, 1.807) is 6.07 Å². The van der Waals surface area contributed by atoms with Crippen LogP contribution in [0.25, 0.3) is 5.82 Å². The highest BCUT2D eigenvalue weighted by atomic mass is 35.5. The Balaban J connectivity index is 1.11. The first-order valence-corrected chi connectivity index (χ1v) is 17.5. The van der Waals surface area contributed by atoms with E-state index in [9.17, 15) is 36.3 Å². The molecule has 1 aromatic carbocycles. The Morgan fingerprint density at radius 3 is 2.58 bits per heavy atom. The van der Waals surface area contributed by atoms with E-state index in [4.69, 9.17) is 16.3 Å². The number of benzene rings is 1. The monoisotopic (exact) mass is 711 g/mol. The van der Waals surface area contributed by atoms with Crippen LogP contribution in [0.2, 0.25) is 5.15 Å². The van der Waals surface area contributed by atoms with Gasteiger partial charge >= 0.3 is 12.3 Å². The van der Waals surface area contributed by atoms with Crippen LogP contribution >= 0.6 is 11.6 Å². The third kappa shape index (κ3) is 8.59. The van der Waals surface area contributed by atoms with Gasteiger partial charge in [0, 0.05) is 24.3 Å². The molecule has 1 aliphatic carbocycles. The van der Waals surface area contributed by atoms with Crippen molar-refractivity contribution in [2.45, 2.75) is 75.4 Å². The number of aromatic nitrogens is 3. The Morgan fingerprint density at radius 2 is 1.92 bits per heavy atom. The fraction of sp³-hybridized carbons (Fsp3) is 0.500. The van der Waals surface area contributed by atoms with Crippen LogP contribution in [0.3, 0.4) is 0 Å². The molecule has 2 N–H and O–H groups in total. The fourth-order valence-corrected chi connectivity index (χ4v) is 7.57. The number of hydrogen-bond acceptors (Lipinski definition) is 7. The summed E-state index contributed by atoms with van der Waals surface area (Å²) in [5.74, 6) is -2.02. The van der Waals surface area contributed by atoms with E-state index in [2.05, 4.69) is 10.1 Å². The van der Waals surface area contributed by atoms with E-state index in [1.165, 1.54) is 46.1 Å². The number of carbonyl (C=O) groups excluding carboxylic acids is 1. The topological polar surface area (TPSA) is 144 Å². The molecule has 0 radical (unpaired) electrons. The van der Waals surface area contributed by atoms with Crippen molar-refractivity contribution in [2.24, 2.45) is 17.8 Å². The number of nitrogens with one attached hydrogen (secondary N) is 1. The van der Waals surface area contributed by atoms with Crippen LogP contribution in [-0.4, -0.2) is 70.1 Å². The van der Waals surface area contributed by atoms with Gasteiger partial charge in [0.2, 0.25) is 5.88 Å². The predicted octanol–water partition coefficient (Wildman–Crippen LogP) is 6.50. The summed E-state index contributed by atoms with van der Waals surface area (Å²) < 4.78 is 73.1. The number of nitrogens with zero attached hydrogens (tertiary/aromatic N) is 4. The summed E-state index contributed by atoms with van der Waals surface area (Å²) in [5.41, 5.74) is 0.220. The number of aryl methyl sites for hydroxylation is 1. The highest BCUT2D eigenvalue weighted by Crippen LogP contribution is 2.51. The maximum absolute atomic E-state index is 13.1. The predicted molar refractivity (Wildman–Crippen MR) is 170 cm³/mol. The van der Waals surface area contributed by atoms with Crippen LogP contribution in [0, 0.1) is 17.8 Å². The van der Waals surface area contributed by atoms with Gasteiger partial charge in [-0.2, -0.15) is 13.2 Å². The first-order valence-electron chi connectivity index (χ1n) is 15.6. The zero-order valence-electron chi connectivity index (χ0n) is 26.4. The number of halogens is 4. The molecule has 3 aromatic rings. The van der Waals surface area contributed by atoms with Crippen LogP contribution in [0.4, 0.5) is 18.0 Å². The van der Waals surface area contributed by atoms with Gasteiger partial charge in [-0.3, -0.25) is 4.79 Å². The smallest absolute Gasteiger partial charge is 0.407 e. The van der Waals surface area contributed by atoms with Crippen molar-refractivity contribution in [2.75, 3.05) is 13.2 Å². The fourth-order valence-electron chi connectivity index (χ4n) is 6.30. The first kappa shape index (κ1) is 35.5. The Hall–Kier alpha value is -3.85. The van der Waals surface area contributed by atoms with Gasteiger partial charge in [0.1, 0.15) is 5.15 Å². The first-order chi connectivity index (χ1) is 22.5. The lowest BCUT2D eigenvalue weighted by Crippen LogP contribution is -2.41. The van der Waals surface area contributed by atoms with Gasteiger partial charge < -0.3 is 14.7 Å². The Morgan fingerprint density at radius 1 is 1.15 bits per heavy atom. The van der Waals surface area contributed by atoms with Crippen molar-refractivity contribution in [1.29, 1.82) is 0 Å². The van der Waals surface area contributed by atoms with E-state index in [0.29, 0.717) is 13.0 Å². The second-order valence-corrected chi connectivity index (χ2v) is 15.0. The molecule has 1 saturated heterocycles. The number of carboxylic acid groups (broad SMARTS) is 1. The third-order valence-electron chi connectivity index (χ3n) is 8.91. The lowest BCUT2D eigenvalue weighted by molar-refractivity contribution is -0.151. The largest absolute Gasteiger partial charge is 0.477 e. The van der Waals surface area contributed by atoms with Crippen LogP contribution in [0.5, 0.6) is 5.88 Å². The van der Waals surface area contributed by atoms with Crippen LogP contribution in [0.1, 0.15) is 68.3 Å². The molecule has 260 valence electrons. The zero-order chi connectivity index (χ0) is 34.9. The molecule has 2 aromatic heterocycles. The summed E-state index contributed by atoms with van der Waals surface area (Å²) in [6.07, 6.45) is 0.728. The molecule has 48 heavy (non-hydrogen) atoms. The van der Waals surface area contributed by atoms with Crippen molar-refractivity contribution in [3.63, 3.8) is 0 Å². The molecule has 3 atom stereocenters. The van der Waals surface area contributed by atoms with Crippen molar-refractivity contribution < 1.29 is 41.0 Å². The number of rotatable bonds is 13. The summed E-state index contributed by atoms with van der Waals surface area (Å²) in [6, 6.07) is 10.5. The molecule has 2 fully saturated rings. The van der Waals surface area contributed by atoms with Crippen LogP contribution in [-0.2, 0) is 16.4 Å². The van der Waals surface area contributed by atoms with Crippen molar-refractivity contribution in [3.05, 3.63) is 64.9 Å². The summed E-state index contributed by atoms with van der Waals surface area (Å²) >= 11 is 6.25. The average molecular weight is 712 g/mol. The zero-order valence-corrected chi connectivity index (χ0v) is 28.0. The normalized spacial score (nSPS) is 20.5. The van der Waals surface area contributed by atoms with E-state index < -0.39 is 40.0 Å². The maximum atomic E-state index is 13.1. The molecule has 1 saturated carbocycles. The lowest BCUT2D eigenvalue weighted by atomic mass is 9.92. The summed E-state index contributed by atoms with van der Waals surface area (Å²) in [4.78, 5) is 30.0. The second-order valence-electron chi connectivity index (χ2n) is 13.0. The van der Waals surface area contributed by atoms with Gasteiger partial charge in [0.05, 0.1) is 23.0 Å². The van der Waals surface area contributed by atoms with Gasteiger partial charge in [-0.05, 0) is 94.0 Å². The number of sulfonamides is 1. The number of likely N-dealkylation sites (tertiary alicyclic amines) is 1. The van der Waals surface area contributed by atoms with Gasteiger partial charge in [-0.1, -0.05) is 30.2 Å². The highest BCUT2D eigenvalue weighted by Gasteiger charge is 2.55. The quantitative estimate of drug-likeness (QED) is 0.151. The number of pyridine rings is 1. The Bertz CT molecular complexity index is 1770. The number of unbranched alkanes of at least 4 members (excludes halogenated alkanes) is 1. The Kier molecular flexibility index (Phi) is 10.3. The van der Waals surface area contributed by atoms with Gasteiger partial charge in [-0.15, -0.1) is 5.10 Å². The number of alkyl halides is 3. The molecule has 3 unspecified atom stereocenters. The van der Waals surface area contributed by atoms with Gasteiger partial charge in [0.15, 0.2) is 5.82 Å². The number of hydrogen-bond donors (Lipinski definition) is 2. The van der Waals surface area contributed by atoms with Crippen LogP contribution < -0.4 is 9.46 Å². The lowest BCUT2D eigenvalue weighted by Gasteiger charge is -2.28. The highest BCUT2D eigenvalue weighted by molar-refractivity contribution is 7.90. The molecule has 1 aliphatic heterocycles. The minimum absolute atomic E-state index is 0.0765. The maximum Gasteiger partial charge on any atom is 0.407 e. The van der Waals surface area contributed by atoms with Crippen molar-refractivity contribution in [3.8, 4) is 11.7 Å². The molecule has 3 heterocycles. The molecule has 0 spiro atoms. The molecule has 2 aliphatic rings. The van der Waals surface area contributed by atoms with Crippen molar-refractivity contribution >= 4 is 33.6 Å². The van der Waals surface area contributed by atoms with Gasteiger partial charge in [-0.25, -0.2) is 27.6 Å². The average Bonchev–Trinajstić information content (AvgIpc) is 3.53.